The second-order valence-corrected chi connectivity index (χ2v) is 7.16. The fraction of sp³-hybridized carbons (Fsp3) is 0.273. The van der Waals surface area contributed by atoms with Crippen LogP contribution in [0.3, 0.4) is 0 Å². The fourth-order valence-corrected chi connectivity index (χ4v) is 3.32. The van der Waals surface area contributed by atoms with Crippen LogP contribution in [0.1, 0.15) is 30.7 Å². The van der Waals surface area contributed by atoms with Crippen LogP contribution in [0.5, 0.6) is 5.75 Å². The van der Waals surface area contributed by atoms with E-state index in [1.165, 1.54) is 17.7 Å². The number of carbonyl (C=O) groups is 2. The number of benzene rings is 2. The van der Waals surface area contributed by atoms with E-state index in [-0.39, 0.29) is 42.6 Å². The number of hydrogen-bond donors (Lipinski definition) is 1. The third kappa shape index (κ3) is 4.88. The highest BCUT2D eigenvalue weighted by atomic mass is 19.1. The number of nitrogens with zero attached hydrogens (tertiary/aromatic N) is 3. The molecule has 8 nitrogen and oxygen atoms in total. The zero-order chi connectivity index (χ0) is 21.8. The number of halogens is 1. The topological polar surface area (TPSA) is 97.6 Å². The average molecular weight is 424 g/mol. The molecule has 1 atom stereocenters. The minimum Gasteiger partial charge on any atom is -0.484 e. The van der Waals surface area contributed by atoms with Crippen LogP contribution in [0.4, 0.5) is 16.1 Å². The van der Waals surface area contributed by atoms with Crippen molar-refractivity contribution in [2.24, 2.45) is 0 Å². The summed E-state index contributed by atoms with van der Waals surface area (Å²) in [6.45, 7) is 2.18. The number of aryl methyl sites for hydroxylation is 1. The predicted octanol–water partition coefficient (Wildman–Crippen LogP) is 3.31. The minimum absolute atomic E-state index is 0.0578. The molecular weight excluding hydrogens is 403 g/mol. The lowest BCUT2D eigenvalue weighted by Crippen LogP contribution is -2.24. The van der Waals surface area contributed by atoms with Crippen LogP contribution in [0.15, 0.2) is 52.9 Å². The Hall–Kier alpha value is -3.75. The van der Waals surface area contributed by atoms with Gasteiger partial charge in [-0.2, -0.15) is 0 Å². The molecule has 1 N–H and O–H groups in total. The van der Waals surface area contributed by atoms with Gasteiger partial charge in [-0.15, -0.1) is 5.10 Å². The molecule has 9 heteroatoms. The summed E-state index contributed by atoms with van der Waals surface area (Å²) in [5, 5.41) is 10.3. The number of hydrogen-bond acceptors (Lipinski definition) is 6. The van der Waals surface area contributed by atoms with E-state index in [1.54, 1.807) is 29.2 Å². The highest BCUT2D eigenvalue weighted by Crippen LogP contribution is 2.31. The highest BCUT2D eigenvalue weighted by Gasteiger charge is 2.35. The molecule has 0 bridgehead atoms. The zero-order valence-corrected chi connectivity index (χ0v) is 16.9. The Kier molecular flexibility index (Phi) is 5.92. The number of amides is 2. The van der Waals surface area contributed by atoms with E-state index in [1.807, 2.05) is 12.1 Å². The van der Waals surface area contributed by atoms with E-state index in [9.17, 15) is 14.0 Å². The molecule has 4 rings (SSSR count). The van der Waals surface area contributed by atoms with Crippen LogP contribution in [-0.2, 0) is 16.0 Å². The van der Waals surface area contributed by atoms with Gasteiger partial charge < -0.3 is 14.1 Å². The van der Waals surface area contributed by atoms with Gasteiger partial charge in [0.1, 0.15) is 11.6 Å². The van der Waals surface area contributed by atoms with E-state index < -0.39 is 5.91 Å². The molecule has 1 aliphatic rings. The fourth-order valence-electron chi connectivity index (χ4n) is 3.32. The summed E-state index contributed by atoms with van der Waals surface area (Å²) in [6.07, 6.45) is 1.11. The Bertz CT molecular complexity index is 1070. The quantitative estimate of drug-likeness (QED) is 0.625. The molecule has 0 unspecified atom stereocenters. The third-order valence-electron chi connectivity index (χ3n) is 5.00. The molecule has 1 aromatic heterocycles. The van der Waals surface area contributed by atoms with Crippen molar-refractivity contribution < 1.29 is 23.1 Å². The summed E-state index contributed by atoms with van der Waals surface area (Å²) in [7, 11) is 0. The van der Waals surface area contributed by atoms with Crippen LogP contribution in [0.25, 0.3) is 0 Å². The molecule has 0 spiro atoms. The molecule has 31 heavy (non-hydrogen) atoms. The average Bonchev–Trinajstić information content (AvgIpc) is 3.40. The summed E-state index contributed by atoms with van der Waals surface area (Å²) in [5.41, 5.74) is 1.78. The maximum atomic E-state index is 13.1. The van der Waals surface area contributed by atoms with E-state index >= 15 is 0 Å². The molecular formula is C22H21FN4O4. The minimum atomic E-state index is -0.440. The van der Waals surface area contributed by atoms with Gasteiger partial charge in [-0.05, 0) is 48.4 Å². The Morgan fingerprint density at radius 3 is 2.65 bits per heavy atom. The van der Waals surface area contributed by atoms with Crippen molar-refractivity contribution in [2.75, 3.05) is 23.4 Å². The first-order valence-electron chi connectivity index (χ1n) is 9.92. The van der Waals surface area contributed by atoms with E-state index in [0.717, 1.165) is 6.42 Å². The van der Waals surface area contributed by atoms with Crippen LogP contribution in [0.2, 0.25) is 0 Å². The Morgan fingerprint density at radius 2 is 1.94 bits per heavy atom. The van der Waals surface area contributed by atoms with Crippen LogP contribution < -0.4 is 15.0 Å². The highest BCUT2D eigenvalue weighted by molar-refractivity contribution is 5.96. The number of rotatable bonds is 7. The summed E-state index contributed by atoms with van der Waals surface area (Å²) in [5.74, 6) is -0.406. The van der Waals surface area contributed by atoms with Gasteiger partial charge in [0.05, 0.1) is 5.92 Å². The molecule has 1 saturated heterocycles. The first-order valence-corrected chi connectivity index (χ1v) is 9.92. The number of aromatic nitrogens is 2. The number of carbonyl (C=O) groups excluding carboxylic acids is 2. The van der Waals surface area contributed by atoms with Crippen molar-refractivity contribution in [3.05, 3.63) is 65.8 Å². The van der Waals surface area contributed by atoms with Crippen molar-refractivity contribution in [1.82, 2.24) is 10.2 Å². The lowest BCUT2D eigenvalue weighted by atomic mass is 10.1. The summed E-state index contributed by atoms with van der Waals surface area (Å²) in [4.78, 5) is 26.0. The molecule has 2 heterocycles. The number of nitrogens with one attached hydrogen (secondary N) is 1. The monoisotopic (exact) mass is 424 g/mol. The van der Waals surface area contributed by atoms with Crippen molar-refractivity contribution in [3.63, 3.8) is 0 Å². The van der Waals surface area contributed by atoms with Crippen LogP contribution in [0, 0.1) is 5.82 Å². The van der Waals surface area contributed by atoms with Crippen LogP contribution in [-0.4, -0.2) is 35.2 Å². The van der Waals surface area contributed by atoms with Gasteiger partial charge in [0.2, 0.25) is 11.8 Å². The molecule has 160 valence electrons. The van der Waals surface area contributed by atoms with E-state index in [0.29, 0.717) is 18.0 Å². The van der Waals surface area contributed by atoms with Crippen molar-refractivity contribution in [3.8, 4) is 5.75 Å². The maximum Gasteiger partial charge on any atom is 0.322 e. The molecule has 0 saturated carbocycles. The third-order valence-corrected chi connectivity index (χ3v) is 5.00. The molecule has 1 fully saturated rings. The normalized spacial score (nSPS) is 15.9. The predicted molar refractivity (Wildman–Crippen MR) is 110 cm³/mol. The Balaban J connectivity index is 1.32. The van der Waals surface area contributed by atoms with Gasteiger partial charge in [0, 0.05) is 18.7 Å². The van der Waals surface area contributed by atoms with Gasteiger partial charge in [-0.1, -0.05) is 24.2 Å². The van der Waals surface area contributed by atoms with Crippen molar-refractivity contribution in [2.45, 2.75) is 25.7 Å². The van der Waals surface area contributed by atoms with Crippen molar-refractivity contribution >= 4 is 23.5 Å². The second-order valence-electron chi connectivity index (χ2n) is 7.16. The SMILES string of the molecule is CCc1ccc(OCC(=O)Nc2nnc([C@@H]3CC(=O)N(c4ccc(F)cc4)C3)o2)cc1. The zero-order valence-electron chi connectivity index (χ0n) is 16.9. The second kappa shape index (κ2) is 8.95. The summed E-state index contributed by atoms with van der Waals surface area (Å²) in [6, 6.07) is 13.1. The number of ether oxygens (including phenoxy) is 1. The molecule has 2 aromatic carbocycles. The maximum absolute atomic E-state index is 13.1. The summed E-state index contributed by atoms with van der Waals surface area (Å²) < 4.78 is 24.1. The van der Waals surface area contributed by atoms with Crippen LogP contribution >= 0.6 is 0 Å². The van der Waals surface area contributed by atoms with Gasteiger partial charge in [-0.3, -0.25) is 14.9 Å². The molecule has 0 aliphatic carbocycles. The molecule has 3 aromatic rings. The van der Waals surface area contributed by atoms with Gasteiger partial charge >= 0.3 is 6.01 Å². The van der Waals surface area contributed by atoms with Gasteiger partial charge in [-0.25, -0.2) is 4.39 Å². The molecule has 2 amide bonds. The lowest BCUT2D eigenvalue weighted by Gasteiger charge is -2.15. The van der Waals surface area contributed by atoms with E-state index in [4.69, 9.17) is 9.15 Å². The standard InChI is InChI=1S/C22H21FN4O4/c1-2-14-3-9-18(10-4-14)30-13-19(28)24-22-26-25-21(31-22)15-11-20(29)27(12-15)17-7-5-16(23)6-8-17/h3-10,15H,2,11-13H2,1H3,(H,24,26,28)/t15-/m1/s1. The molecule has 0 radical (unpaired) electrons. The van der Waals surface area contributed by atoms with Gasteiger partial charge in [0.15, 0.2) is 6.61 Å². The van der Waals surface area contributed by atoms with Gasteiger partial charge in [0.25, 0.3) is 5.91 Å². The summed E-state index contributed by atoms with van der Waals surface area (Å²) >= 11 is 0. The Morgan fingerprint density at radius 1 is 1.19 bits per heavy atom. The smallest absolute Gasteiger partial charge is 0.322 e. The largest absolute Gasteiger partial charge is 0.484 e. The number of anilines is 2. The first kappa shape index (κ1) is 20.5. The lowest BCUT2D eigenvalue weighted by molar-refractivity contribution is -0.118. The first-order chi connectivity index (χ1) is 15.0. The van der Waals surface area contributed by atoms with Crippen molar-refractivity contribution in [1.29, 1.82) is 0 Å². The Labute approximate surface area is 178 Å². The van der Waals surface area contributed by atoms with E-state index in [2.05, 4.69) is 22.4 Å². The molecule has 1 aliphatic heterocycles.